The fraction of sp³-hybridized carbons (Fsp3) is 0.0526. The number of hydrogen-bond acceptors (Lipinski definition) is 5. The number of nitrogens with zero attached hydrogens (tertiary/aromatic N) is 1. The summed E-state index contributed by atoms with van der Waals surface area (Å²) in [5.74, 6) is -0.331. The molecular formula is C19H16N4OS. The van der Waals surface area contributed by atoms with Crippen molar-refractivity contribution in [2.45, 2.75) is 6.92 Å². The summed E-state index contributed by atoms with van der Waals surface area (Å²) in [5, 5.41) is 15.9. The van der Waals surface area contributed by atoms with Gasteiger partial charge in [-0.25, -0.2) is 0 Å². The van der Waals surface area contributed by atoms with E-state index < -0.39 is 0 Å². The molecule has 3 rings (SSSR count). The predicted octanol–water partition coefficient (Wildman–Crippen LogP) is 4.51. The van der Waals surface area contributed by atoms with Crippen LogP contribution >= 0.6 is 11.3 Å². The van der Waals surface area contributed by atoms with Gasteiger partial charge in [0.05, 0.1) is 5.69 Å². The zero-order valence-corrected chi connectivity index (χ0v) is 14.4. The molecule has 1 aromatic heterocycles. The van der Waals surface area contributed by atoms with Crippen molar-refractivity contribution in [1.29, 1.82) is 5.26 Å². The number of nitrogens with two attached hydrogens (primary N) is 1. The van der Waals surface area contributed by atoms with Crippen molar-refractivity contribution in [1.82, 2.24) is 0 Å². The first-order valence-corrected chi connectivity index (χ1v) is 8.42. The summed E-state index contributed by atoms with van der Waals surface area (Å²) in [6.45, 7) is 2.00. The molecule has 124 valence electrons. The standard InChI is InChI=1S/C19H16N4OS/c1-12-7-9-14(10-8-12)23-19-15(11-20)16(21)17(25-19)18(24)22-13-5-3-2-4-6-13/h2-10,23H,21H2,1H3,(H,22,24). The van der Waals surface area contributed by atoms with E-state index in [1.54, 1.807) is 12.1 Å². The van der Waals surface area contributed by atoms with Crippen LogP contribution in [0.1, 0.15) is 20.8 Å². The molecule has 0 spiro atoms. The SMILES string of the molecule is Cc1ccc(Nc2sc(C(=O)Nc3ccccc3)c(N)c2C#N)cc1. The smallest absolute Gasteiger partial charge is 0.267 e. The summed E-state index contributed by atoms with van der Waals surface area (Å²) in [6, 6.07) is 18.9. The maximum atomic E-state index is 12.5. The van der Waals surface area contributed by atoms with Gasteiger partial charge < -0.3 is 16.4 Å². The topological polar surface area (TPSA) is 90.9 Å². The molecule has 0 saturated carbocycles. The van der Waals surface area contributed by atoms with E-state index in [1.165, 1.54) is 11.3 Å². The number of nitriles is 1. The van der Waals surface area contributed by atoms with E-state index >= 15 is 0 Å². The number of carbonyl (C=O) groups excluding carboxylic acids is 1. The molecule has 0 radical (unpaired) electrons. The van der Waals surface area contributed by atoms with Gasteiger partial charge in [-0.3, -0.25) is 4.79 Å². The number of anilines is 4. The number of hydrogen-bond donors (Lipinski definition) is 3. The highest BCUT2D eigenvalue weighted by Crippen LogP contribution is 2.37. The summed E-state index contributed by atoms with van der Waals surface area (Å²) in [5.41, 5.74) is 9.15. The zero-order valence-electron chi connectivity index (χ0n) is 13.5. The molecule has 1 heterocycles. The molecule has 4 N–H and O–H groups in total. The molecule has 25 heavy (non-hydrogen) atoms. The van der Waals surface area contributed by atoms with Gasteiger partial charge in [-0.2, -0.15) is 5.26 Å². The van der Waals surface area contributed by atoms with Crippen LogP contribution in [0.15, 0.2) is 54.6 Å². The molecule has 0 bridgehead atoms. The number of nitrogen functional groups attached to an aromatic ring is 1. The summed E-state index contributed by atoms with van der Waals surface area (Å²) in [4.78, 5) is 12.8. The van der Waals surface area contributed by atoms with E-state index in [9.17, 15) is 10.1 Å². The average molecular weight is 348 g/mol. The minimum absolute atomic E-state index is 0.190. The second kappa shape index (κ2) is 7.07. The van der Waals surface area contributed by atoms with Crippen LogP contribution < -0.4 is 16.4 Å². The number of amides is 1. The second-order valence-electron chi connectivity index (χ2n) is 5.47. The quantitative estimate of drug-likeness (QED) is 0.647. The van der Waals surface area contributed by atoms with Crippen molar-refractivity contribution in [3.63, 3.8) is 0 Å². The summed E-state index contributed by atoms with van der Waals surface area (Å²) >= 11 is 1.17. The molecule has 3 aromatic rings. The van der Waals surface area contributed by atoms with Crippen LogP contribution in [0.25, 0.3) is 0 Å². The van der Waals surface area contributed by atoms with Gasteiger partial charge in [0.2, 0.25) is 0 Å². The second-order valence-corrected chi connectivity index (χ2v) is 6.49. The molecule has 0 saturated heterocycles. The molecule has 0 atom stereocenters. The van der Waals surface area contributed by atoms with E-state index in [2.05, 4.69) is 16.7 Å². The third-order valence-electron chi connectivity index (χ3n) is 3.60. The Hall–Kier alpha value is -3.30. The zero-order chi connectivity index (χ0) is 17.8. The lowest BCUT2D eigenvalue weighted by Crippen LogP contribution is -2.12. The number of para-hydroxylation sites is 1. The van der Waals surface area contributed by atoms with E-state index in [0.717, 1.165) is 11.3 Å². The Balaban J connectivity index is 1.88. The van der Waals surface area contributed by atoms with Crippen molar-refractivity contribution >= 4 is 39.3 Å². The first-order valence-electron chi connectivity index (χ1n) is 7.61. The Morgan fingerprint density at radius 1 is 1.08 bits per heavy atom. The Morgan fingerprint density at radius 3 is 2.40 bits per heavy atom. The normalized spacial score (nSPS) is 10.1. The molecule has 0 aliphatic rings. The van der Waals surface area contributed by atoms with E-state index in [-0.39, 0.29) is 17.2 Å². The Labute approximate surface area is 149 Å². The highest BCUT2D eigenvalue weighted by molar-refractivity contribution is 7.19. The van der Waals surface area contributed by atoms with Crippen LogP contribution in [0.5, 0.6) is 0 Å². The molecule has 0 fully saturated rings. The molecule has 0 unspecified atom stereocenters. The monoisotopic (exact) mass is 348 g/mol. The Kier molecular flexibility index (Phi) is 4.68. The third kappa shape index (κ3) is 3.62. The third-order valence-corrected chi connectivity index (χ3v) is 4.72. The van der Waals surface area contributed by atoms with E-state index in [1.807, 2.05) is 49.4 Å². The van der Waals surface area contributed by atoms with Gasteiger partial charge in [-0.1, -0.05) is 35.9 Å². The first kappa shape index (κ1) is 16.6. The maximum absolute atomic E-state index is 12.5. The van der Waals surface area contributed by atoms with Gasteiger partial charge in [-0.15, -0.1) is 11.3 Å². The van der Waals surface area contributed by atoms with Crippen molar-refractivity contribution < 1.29 is 4.79 Å². The Morgan fingerprint density at radius 2 is 1.76 bits per heavy atom. The molecule has 0 aliphatic heterocycles. The predicted molar refractivity (Wildman–Crippen MR) is 102 cm³/mol. The number of benzene rings is 2. The lowest BCUT2D eigenvalue weighted by Gasteiger charge is -2.04. The number of carbonyl (C=O) groups is 1. The van der Waals surface area contributed by atoms with Crippen LogP contribution in [0.3, 0.4) is 0 Å². The van der Waals surface area contributed by atoms with Gasteiger partial charge in [0.15, 0.2) is 0 Å². The molecule has 2 aromatic carbocycles. The summed E-state index contributed by atoms with van der Waals surface area (Å²) in [7, 11) is 0. The van der Waals surface area contributed by atoms with Crippen LogP contribution in [0.2, 0.25) is 0 Å². The molecular weight excluding hydrogens is 332 g/mol. The van der Waals surface area contributed by atoms with Gasteiger partial charge in [0.1, 0.15) is 21.5 Å². The van der Waals surface area contributed by atoms with Crippen LogP contribution in [-0.4, -0.2) is 5.91 Å². The minimum Gasteiger partial charge on any atom is -0.396 e. The fourth-order valence-electron chi connectivity index (χ4n) is 2.29. The first-order chi connectivity index (χ1) is 12.1. The van der Waals surface area contributed by atoms with Crippen molar-refractivity contribution in [3.8, 4) is 6.07 Å². The highest BCUT2D eigenvalue weighted by Gasteiger charge is 2.21. The number of nitrogens with one attached hydrogen (secondary N) is 2. The Bertz CT molecular complexity index is 940. The van der Waals surface area contributed by atoms with Gasteiger partial charge in [-0.05, 0) is 31.2 Å². The number of aryl methyl sites for hydroxylation is 1. The van der Waals surface area contributed by atoms with Crippen LogP contribution in [0.4, 0.5) is 22.1 Å². The van der Waals surface area contributed by atoms with Crippen LogP contribution in [-0.2, 0) is 0 Å². The fourth-order valence-corrected chi connectivity index (χ4v) is 3.28. The number of thiophene rings is 1. The number of rotatable bonds is 4. The molecule has 5 nitrogen and oxygen atoms in total. The van der Waals surface area contributed by atoms with Gasteiger partial charge in [0.25, 0.3) is 5.91 Å². The van der Waals surface area contributed by atoms with Crippen molar-refractivity contribution in [3.05, 3.63) is 70.6 Å². The lowest BCUT2D eigenvalue weighted by atomic mass is 10.2. The van der Waals surface area contributed by atoms with Crippen molar-refractivity contribution in [2.24, 2.45) is 0 Å². The molecule has 6 heteroatoms. The average Bonchev–Trinajstić information content (AvgIpc) is 2.93. The lowest BCUT2D eigenvalue weighted by molar-refractivity contribution is 0.103. The maximum Gasteiger partial charge on any atom is 0.267 e. The van der Waals surface area contributed by atoms with Gasteiger partial charge in [0, 0.05) is 11.4 Å². The minimum atomic E-state index is -0.331. The molecule has 0 aliphatic carbocycles. The van der Waals surface area contributed by atoms with Crippen molar-refractivity contribution in [2.75, 3.05) is 16.4 Å². The largest absolute Gasteiger partial charge is 0.396 e. The van der Waals surface area contributed by atoms with E-state index in [0.29, 0.717) is 15.6 Å². The van der Waals surface area contributed by atoms with Gasteiger partial charge >= 0.3 is 0 Å². The van der Waals surface area contributed by atoms with Crippen LogP contribution in [0, 0.1) is 18.3 Å². The highest BCUT2D eigenvalue weighted by atomic mass is 32.1. The van der Waals surface area contributed by atoms with E-state index in [4.69, 9.17) is 5.73 Å². The molecule has 1 amide bonds. The summed E-state index contributed by atoms with van der Waals surface area (Å²) < 4.78 is 0. The summed E-state index contributed by atoms with van der Waals surface area (Å²) in [6.07, 6.45) is 0.